The maximum absolute atomic E-state index is 10.8. The molecule has 15 heavy (non-hydrogen) atoms. The number of carbonyl (C=O) groups is 2. The highest BCUT2D eigenvalue weighted by Crippen LogP contribution is 2.05. The Balaban J connectivity index is 2.77. The van der Waals surface area contributed by atoms with E-state index in [-0.39, 0.29) is 0 Å². The molecule has 0 saturated carbocycles. The van der Waals surface area contributed by atoms with Crippen molar-refractivity contribution in [2.24, 2.45) is 5.73 Å². The van der Waals surface area contributed by atoms with Crippen LogP contribution < -0.4 is 5.73 Å². The minimum Gasteiger partial charge on any atom is -0.466 e. The molecular formula is C11H11NO3. The van der Waals surface area contributed by atoms with Gasteiger partial charge >= 0.3 is 5.97 Å². The molecule has 0 heterocycles. The van der Waals surface area contributed by atoms with E-state index in [9.17, 15) is 9.59 Å². The van der Waals surface area contributed by atoms with Crippen LogP contribution in [0.2, 0.25) is 0 Å². The first-order valence-electron chi connectivity index (χ1n) is 4.29. The normalized spacial score (nSPS) is 10.2. The summed E-state index contributed by atoms with van der Waals surface area (Å²) >= 11 is 0. The van der Waals surface area contributed by atoms with Gasteiger partial charge in [0.25, 0.3) is 0 Å². The van der Waals surface area contributed by atoms with Crippen LogP contribution >= 0.6 is 0 Å². The quantitative estimate of drug-likeness (QED) is 0.590. The molecule has 0 atom stereocenters. The Morgan fingerprint density at radius 2 is 1.87 bits per heavy atom. The first kappa shape index (κ1) is 11.0. The fraction of sp³-hybridized carbons (Fsp3) is 0.0909. The lowest BCUT2D eigenvalue weighted by atomic mass is 10.1. The van der Waals surface area contributed by atoms with Crippen molar-refractivity contribution in [2.45, 2.75) is 0 Å². The van der Waals surface area contributed by atoms with Gasteiger partial charge in [0.1, 0.15) is 0 Å². The number of esters is 1. The first-order chi connectivity index (χ1) is 7.13. The van der Waals surface area contributed by atoms with E-state index in [4.69, 9.17) is 5.73 Å². The molecule has 4 heteroatoms. The summed E-state index contributed by atoms with van der Waals surface area (Å²) in [7, 11) is 1.31. The lowest BCUT2D eigenvalue weighted by Crippen LogP contribution is -2.10. The molecule has 78 valence electrons. The summed E-state index contributed by atoms with van der Waals surface area (Å²) in [6, 6.07) is 6.58. The highest BCUT2D eigenvalue weighted by molar-refractivity contribution is 5.93. The predicted molar refractivity (Wildman–Crippen MR) is 56.0 cm³/mol. The minimum atomic E-state index is -0.474. The SMILES string of the molecule is COC(=O)C=Cc1ccc(C(N)=O)cc1. The summed E-state index contributed by atoms with van der Waals surface area (Å²) < 4.78 is 4.43. The van der Waals surface area contributed by atoms with Crippen molar-refractivity contribution in [3.8, 4) is 0 Å². The third-order valence-electron chi connectivity index (χ3n) is 1.81. The molecule has 1 amide bonds. The summed E-state index contributed by atoms with van der Waals surface area (Å²) in [5.74, 6) is -0.896. The lowest BCUT2D eigenvalue weighted by Gasteiger charge is -1.96. The molecule has 0 bridgehead atoms. The van der Waals surface area contributed by atoms with Gasteiger partial charge in [0.05, 0.1) is 7.11 Å². The smallest absolute Gasteiger partial charge is 0.330 e. The van der Waals surface area contributed by atoms with Gasteiger partial charge in [-0.15, -0.1) is 0 Å². The Hall–Kier alpha value is -2.10. The van der Waals surface area contributed by atoms with Crippen LogP contribution in [0.3, 0.4) is 0 Å². The maximum Gasteiger partial charge on any atom is 0.330 e. The number of rotatable bonds is 3. The van der Waals surface area contributed by atoms with Crippen LogP contribution in [0, 0.1) is 0 Å². The van der Waals surface area contributed by atoms with Gasteiger partial charge in [-0.25, -0.2) is 4.79 Å². The molecule has 0 aromatic heterocycles. The highest BCUT2D eigenvalue weighted by atomic mass is 16.5. The fourth-order valence-electron chi connectivity index (χ4n) is 0.991. The van der Waals surface area contributed by atoms with E-state index in [0.29, 0.717) is 5.56 Å². The third kappa shape index (κ3) is 3.27. The number of primary amides is 1. The Labute approximate surface area is 87.3 Å². The van der Waals surface area contributed by atoms with Crippen molar-refractivity contribution in [3.63, 3.8) is 0 Å². The van der Waals surface area contributed by atoms with E-state index in [0.717, 1.165) is 5.56 Å². The Morgan fingerprint density at radius 1 is 1.27 bits per heavy atom. The van der Waals surface area contributed by atoms with Crippen LogP contribution in [-0.2, 0) is 9.53 Å². The highest BCUT2D eigenvalue weighted by Gasteiger charge is 1.98. The summed E-state index contributed by atoms with van der Waals surface area (Å²) in [5.41, 5.74) is 6.31. The second kappa shape index (κ2) is 4.95. The second-order valence-electron chi connectivity index (χ2n) is 2.84. The van der Waals surface area contributed by atoms with Crippen LogP contribution in [0.1, 0.15) is 15.9 Å². The van der Waals surface area contributed by atoms with Gasteiger partial charge in [-0.2, -0.15) is 0 Å². The number of hydrogen-bond acceptors (Lipinski definition) is 3. The largest absolute Gasteiger partial charge is 0.466 e. The molecular weight excluding hydrogens is 194 g/mol. The van der Waals surface area contributed by atoms with E-state index >= 15 is 0 Å². The van der Waals surface area contributed by atoms with E-state index in [1.54, 1.807) is 30.3 Å². The van der Waals surface area contributed by atoms with Crippen molar-refractivity contribution in [2.75, 3.05) is 7.11 Å². The molecule has 4 nitrogen and oxygen atoms in total. The molecule has 0 saturated heterocycles. The zero-order chi connectivity index (χ0) is 11.3. The molecule has 0 aliphatic carbocycles. The number of benzene rings is 1. The molecule has 1 rings (SSSR count). The van der Waals surface area contributed by atoms with Gasteiger partial charge in [-0.05, 0) is 23.8 Å². The van der Waals surface area contributed by atoms with Crippen LogP contribution in [-0.4, -0.2) is 19.0 Å². The zero-order valence-corrected chi connectivity index (χ0v) is 8.27. The van der Waals surface area contributed by atoms with Crippen molar-refractivity contribution in [3.05, 3.63) is 41.5 Å². The van der Waals surface area contributed by atoms with Gasteiger partial charge in [-0.1, -0.05) is 12.1 Å². The van der Waals surface area contributed by atoms with Crippen molar-refractivity contribution in [1.29, 1.82) is 0 Å². The average Bonchev–Trinajstić information content (AvgIpc) is 2.26. The number of carbonyl (C=O) groups excluding carboxylic acids is 2. The van der Waals surface area contributed by atoms with Gasteiger partial charge in [0.2, 0.25) is 5.91 Å². The van der Waals surface area contributed by atoms with Crippen LogP contribution in [0.5, 0.6) is 0 Å². The van der Waals surface area contributed by atoms with Gasteiger partial charge in [-0.3, -0.25) is 4.79 Å². The van der Waals surface area contributed by atoms with Gasteiger partial charge in [0.15, 0.2) is 0 Å². The summed E-state index contributed by atoms with van der Waals surface area (Å²) in [4.78, 5) is 21.5. The van der Waals surface area contributed by atoms with Crippen molar-refractivity contribution < 1.29 is 14.3 Å². The molecule has 0 aliphatic rings. The monoisotopic (exact) mass is 205 g/mol. The second-order valence-corrected chi connectivity index (χ2v) is 2.84. The number of hydrogen-bond donors (Lipinski definition) is 1. The zero-order valence-electron chi connectivity index (χ0n) is 8.27. The molecule has 0 spiro atoms. The summed E-state index contributed by atoms with van der Waals surface area (Å²) in [5, 5.41) is 0. The van der Waals surface area contributed by atoms with Crippen LogP contribution in [0.4, 0.5) is 0 Å². The molecule has 0 fully saturated rings. The number of amides is 1. The lowest BCUT2D eigenvalue weighted by molar-refractivity contribution is -0.134. The minimum absolute atomic E-state index is 0.422. The van der Waals surface area contributed by atoms with Crippen LogP contribution in [0.15, 0.2) is 30.3 Å². The predicted octanol–water partition coefficient (Wildman–Crippen LogP) is 0.972. The van der Waals surface area contributed by atoms with Crippen LogP contribution in [0.25, 0.3) is 6.08 Å². The number of methoxy groups -OCH3 is 1. The summed E-state index contributed by atoms with van der Waals surface area (Å²) in [6.45, 7) is 0. The molecule has 1 aromatic rings. The van der Waals surface area contributed by atoms with Gasteiger partial charge < -0.3 is 10.5 Å². The maximum atomic E-state index is 10.8. The molecule has 1 aromatic carbocycles. The third-order valence-corrected chi connectivity index (χ3v) is 1.81. The standard InChI is InChI=1S/C11H11NO3/c1-15-10(13)7-4-8-2-5-9(6-3-8)11(12)14/h2-7H,1H3,(H2,12,14). The Kier molecular flexibility index (Phi) is 3.62. The summed E-state index contributed by atoms with van der Waals surface area (Å²) in [6.07, 6.45) is 2.90. The Morgan fingerprint density at radius 3 is 2.33 bits per heavy atom. The van der Waals surface area contributed by atoms with Crippen molar-refractivity contribution in [1.82, 2.24) is 0 Å². The van der Waals surface area contributed by atoms with Gasteiger partial charge in [0, 0.05) is 11.6 Å². The molecule has 2 N–H and O–H groups in total. The average molecular weight is 205 g/mol. The van der Waals surface area contributed by atoms with E-state index in [2.05, 4.69) is 4.74 Å². The molecule has 0 radical (unpaired) electrons. The first-order valence-corrected chi connectivity index (χ1v) is 4.29. The van der Waals surface area contributed by atoms with E-state index < -0.39 is 11.9 Å². The van der Waals surface area contributed by atoms with Crippen molar-refractivity contribution >= 4 is 18.0 Å². The Bertz CT molecular complexity index is 393. The topological polar surface area (TPSA) is 69.4 Å². The van der Waals surface area contributed by atoms with E-state index in [1.165, 1.54) is 13.2 Å². The van der Waals surface area contributed by atoms with E-state index in [1.807, 2.05) is 0 Å². The number of nitrogens with two attached hydrogens (primary N) is 1. The molecule has 0 aliphatic heterocycles. The number of ether oxygens (including phenoxy) is 1. The molecule has 0 unspecified atom stereocenters. The fourth-order valence-corrected chi connectivity index (χ4v) is 0.991.